The van der Waals surface area contributed by atoms with Gasteiger partial charge < -0.3 is 19.9 Å². The summed E-state index contributed by atoms with van der Waals surface area (Å²) in [6, 6.07) is 12.8. The molecule has 0 aliphatic heterocycles. The van der Waals surface area contributed by atoms with Crippen LogP contribution in [0.3, 0.4) is 0 Å². The van der Waals surface area contributed by atoms with Crippen LogP contribution < -0.4 is 24.2 Å². The minimum absolute atomic E-state index is 0.0670. The molecule has 186 valence electrons. The number of methoxy groups -OCH3 is 3. The van der Waals surface area contributed by atoms with Crippen molar-refractivity contribution in [3.8, 4) is 17.2 Å². The summed E-state index contributed by atoms with van der Waals surface area (Å²) in [4.78, 5) is 11.8. The molecule has 0 aliphatic rings. The number of carbonyl (C=O) groups is 1. The molecular weight excluding hydrogens is 499 g/mol. The van der Waals surface area contributed by atoms with E-state index in [1.165, 1.54) is 69.9 Å². The molecule has 35 heavy (non-hydrogen) atoms. The van der Waals surface area contributed by atoms with E-state index in [1.54, 1.807) is 6.07 Å². The van der Waals surface area contributed by atoms with Crippen LogP contribution >= 0.6 is 11.6 Å². The van der Waals surface area contributed by atoms with E-state index in [2.05, 4.69) is 0 Å². The highest BCUT2D eigenvalue weighted by Gasteiger charge is 2.30. The lowest BCUT2D eigenvalue weighted by molar-refractivity contribution is -0.116. The maximum atomic E-state index is 14.7. The predicted octanol–water partition coefficient (Wildman–Crippen LogP) is 3.78. The average molecular weight is 523 g/mol. The summed E-state index contributed by atoms with van der Waals surface area (Å²) in [5.74, 6) is -0.648. The number of halogens is 2. The van der Waals surface area contributed by atoms with Crippen LogP contribution in [0.15, 0.2) is 59.5 Å². The van der Waals surface area contributed by atoms with E-state index < -0.39 is 28.3 Å². The van der Waals surface area contributed by atoms with Crippen LogP contribution in [-0.4, -0.2) is 42.2 Å². The van der Waals surface area contributed by atoms with Gasteiger partial charge in [-0.25, -0.2) is 12.8 Å². The molecule has 0 saturated carbocycles. The maximum absolute atomic E-state index is 14.7. The van der Waals surface area contributed by atoms with Crippen LogP contribution in [0.2, 0.25) is 5.02 Å². The Labute approximate surface area is 208 Å². The summed E-state index contributed by atoms with van der Waals surface area (Å²) in [6.45, 7) is -0.667. The summed E-state index contributed by atoms with van der Waals surface area (Å²) < 4.78 is 58.6. The summed E-state index contributed by atoms with van der Waals surface area (Å²) in [6.07, 6.45) is -0.0670. The summed E-state index contributed by atoms with van der Waals surface area (Å²) in [5.41, 5.74) is 6.05. The van der Waals surface area contributed by atoms with Crippen LogP contribution in [-0.2, 0) is 21.2 Å². The number of nitrogens with zero attached hydrogens (tertiary/aromatic N) is 1. The number of carbonyl (C=O) groups excluding carboxylic acids is 1. The van der Waals surface area contributed by atoms with Crippen LogP contribution in [0.25, 0.3) is 0 Å². The highest BCUT2D eigenvalue weighted by molar-refractivity contribution is 7.92. The first-order chi connectivity index (χ1) is 16.6. The molecule has 0 radical (unpaired) electrons. The van der Waals surface area contributed by atoms with E-state index >= 15 is 0 Å². The van der Waals surface area contributed by atoms with Gasteiger partial charge in [-0.05, 0) is 48.0 Å². The van der Waals surface area contributed by atoms with Crippen LogP contribution in [0, 0.1) is 5.82 Å². The quantitative estimate of drug-likeness (QED) is 0.434. The van der Waals surface area contributed by atoms with E-state index in [-0.39, 0.29) is 34.1 Å². The molecule has 8 nitrogen and oxygen atoms in total. The number of primary amides is 1. The van der Waals surface area contributed by atoms with Crippen molar-refractivity contribution < 1.29 is 31.8 Å². The van der Waals surface area contributed by atoms with Crippen molar-refractivity contribution in [1.29, 1.82) is 0 Å². The largest absolute Gasteiger partial charge is 0.496 e. The number of amides is 1. The van der Waals surface area contributed by atoms with Crippen LogP contribution in [0.1, 0.15) is 11.1 Å². The summed E-state index contributed by atoms with van der Waals surface area (Å²) >= 11 is 6.20. The Balaban J connectivity index is 2.19. The highest BCUT2D eigenvalue weighted by atomic mass is 35.5. The molecule has 3 aromatic carbocycles. The maximum Gasteiger partial charge on any atom is 0.264 e. The average Bonchev–Trinajstić information content (AvgIpc) is 2.83. The number of hydrogen-bond donors (Lipinski definition) is 1. The molecule has 1 amide bonds. The normalized spacial score (nSPS) is 11.1. The van der Waals surface area contributed by atoms with E-state index in [0.717, 1.165) is 4.31 Å². The first-order valence-electron chi connectivity index (χ1n) is 10.2. The number of sulfonamides is 1. The Bertz CT molecular complexity index is 1350. The van der Waals surface area contributed by atoms with Gasteiger partial charge in [0.1, 0.15) is 18.1 Å². The number of hydrogen-bond acceptors (Lipinski definition) is 6. The first-order valence-corrected chi connectivity index (χ1v) is 12.1. The molecular formula is C24H24ClFN2O6S. The molecule has 3 aromatic rings. The van der Waals surface area contributed by atoms with Gasteiger partial charge in [-0.2, -0.15) is 0 Å². The summed E-state index contributed by atoms with van der Waals surface area (Å²) in [5, 5.41) is 0.293. The van der Waals surface area contributed by atoms with E-state index in [1.807, 2.05) is 0 Å². The molecule has 0 atom stereocenters. The van der Waals surface area contributed by atoms with Gasteiger partial charge in [0.2, 0.25) is 5.91 Å². The molecule has 0 spiro atoms. The lowest BCUT2D eigenvalue weighted by Crippen LogP contribution is -2.39. The Hall–Kier alpha value is -3.50. The predicted molar refractivity (Wildman–Crippen MR) is 130 cm³/mol. The van der Waals surface area contributed by atoms with Crippen LogP contribution in [0.4, 0.5) is 10.1 Å². The van der Waals surface area contributed by atoms with Gasteiger partial charge in [-0.15, -0.1) is 0 Å². The van der Waals surface area contributed by atoms with Gasteiger partial charge in [0.15, 0.2) is 11.5 Å². The molecule has 0 unspecified atom stereocenters. The second-order valence-corrected chi connectivity index (χ2v) is 9.66. The monoisotopic (exact) mass is 522 g/mol. The van der Waals surface area contributed by atoms with Crippen LogP contribution in [0.5, 0.6) is 17.2 Å². The number of rotatable bonds is 10. The van der Waals surface area contributed by atoms with E-state index in [0.29, 0.717) is 16.3 Å². The molecule has 0 bridgehead atoms. The number of nitrogens with two attached hydrogens (primary N) is 1. The molecule has 0 fully saturated rings. The molecule has 11 heteroatoms. The third-order valence-electron chi connectivity index (χ3n) is 5.22. The number of ether oxygens (including phenoxy) is 3. The van der Waals surface area contributed by atoms with Crippen molar-refractivity contribution in [1.82, 2.24) is 0 Å². The lowest BCUT2D eigenvalue weighted by Gasteiger charge is -2.26. The molecule has 2 N–H and O–H groups in total. The zero-order valence-corrected chi connectivity index (χ0v) is 20.8. The fraction of sp³-hybridized carbons (Fsp3) is 0.208. The lowest BCUT2D eigenvalue weighted by atomic mass is 10.0. The van der Waals surface area contributed by atoms with Gasteiger partial charge >= 0.3 is 0 Å². The van der Waals surface area contributed by atoms with Gasteiger partial charge in [-0.1, -0.05) is 17.7 Å². The number of anilines is 1. The Morgan fingerprint density at radius 1 is 0.971 bits per heavy atom. The third kappa shape index (κ3) is 5.60. The van der Waals surface area contributed by atoms with Crippen molar-refractivity contribution in [3.63, 3.8) is 0 Å². The van der Waals surface area contributed by atoms with Crippen molar-refractivity contribution in [3.05, 3.63) is 76.6 Å². The molecule has 0 aliphatic carbocycles. The molecule has 0 aromatic heterocycles. The van der Waals surface area contributed by atoms with Crippen molar-refractivity contribution in [2.45, 2.75) is 11.3 Å². The molecule has 0 heterocycles. The Morgan fingerprint density at radius 2 is 1.66 bits per heavy atom. The third-order valence-corrected chi connectivity index (χ3v) is 7.21. The SMILES string of the molecule is COc1ccc(S(=O)(=O)N(CC(N)=O)c2ccc(Cl)cc2Cc2c(F)cccc2OC)cc1OC. The fourth-order valence-corrected chi connectivity index (χ4v) is 5.26. The van der Waals surface area contributed by atoms with Gasteiger partial charge in [0, 0.05) is 23.1 Å². The van der Waals surface area contributed by atoms with E-state index in [4.69, 9.17) is 31.5 Å². The topological polar surface area (TPSA) is 108 Å². The van der Waals surface area contributed by atoms with Crippen molar-refractivity contribution in [2.24, 2.45) is 5.73 Å². The second kappa shape index (κ2) is 10.8. The minimum Gasteiger partial charge on any atom is -0.496 e. The first kappa shape index (κ1) is 26.1. The van der Waals surface area contributed by atoms with Crippen molar-refractivity contribution >= 4 is 33.2 Å². The Morgan fingerprint density at radius 3 is 2.29 bits per heavy atom. The number of benzene rings is 3. The van der Waals surface area contributed by atoms with Gasteiger partial charge in [0.05, 0.1) is 31.9 Å². The highest BCUT2D eigenvalue weighted by Crippen LogP contribution is 2.36. The van der Waals surface area contributed by atoms with Gasteiger partial charge in [0.25, 0.3) is 10.0 Å². The van der Waals surface area contributed by atoms with E-state index in [9.17, 15) is 17.6 Å². The smallest absolute Gasteiger partial charge is 0.264 e. The minimum atomic E-state index is -4.33. The van der Waals surface area contributed by atoms with Crippen molar-refractivity contribution in [2.75, 3.05) is 32.2 Å². The standard InChI is InChI=1S/C24H24ClFN2O6S/c1-32-21-6-4-5-19(26)18(21)12-15-11-16(25)7-9-20(15)28(14-24(27)29)35(30,31)17-8-10-22(33-2)23(13-17)34-3/h4-11,13H,12,14H2,1-3H3,(H2,27,29). The fourth-order valence-electron chi connectivity index (χ4n) is 3.58. The van der Waals surface area contributed by atoms with Gasteiger partial charge in [-0.3, -0.25) is 9.10 Å². The zero-order valence-electron chi connectivity index (χ0n) is 19.2. The molecule has 0 saturated heterocycles. The second-order valence-electron chi connectivity index (χ2n) is 7.37. The zero-order chi connectivity index (χ0) is 25.8. The Kier molecular flexibility index (Phi) is 8.08. The molecule has 3 rings (SSSR count). The summed E-state index contributed by atoms with van der Waals surface area (Å²) in [7, 11) is -0.142.